The van der Waals surface area contributed by atoms with E-state index in [4.69, 9.17) is 5.73 Å². The monoisotopic (exact) mass is 248 g/mol. The molecule has 5 nitrogen and oxygen atoms in total. The summed E-state index contributed by atoms with van der Waals surface area (Å²) in [5.41, 5.74) is 6.88. The minimum atomic E-state index is -0.0469. The minimum absolute atomic E-state index is 0.00195. The molecular formula is C13H20N4O. The zero-order chi connectivity index (χ0) is 12.8. The molecule has 0 radical (unpaired) electrons. The second kappa shape index (κ2) is 6.44. The van der Waals surface area contributed by atoms with E-state index in [1.54, 1.807) is 12.3 Å². The Morgan fingerprint density at radius 3 is 3.00 bits per heavy atom. The van der Waals surface area contributed by atoms with E-state index in [-0.39, 0.29) is 17.9 Å². The smallest absolute Gasteiger partial charge is 0.224 e. The summed E-state index contributed by atoms with van der Waals surface area (Å²) in [5.74, 6) is 0.0114. The van der Waals surface area contributed by atoms with Crippen LogP contribution in [0.15, 0.2) is 18.6 Å². The van der Waals surface area contributed by atoms with Crippen LogP contribution in [0.4, 0.5) is 0 Å². The van der Waals surface area contributed by atoms with Crippen molar-refractivity contribution in [3.8, 4) is 0 Å². The normalized spacial score (nSPS) is 24.3. The highest BCUT2D eigenvalue weighted by Gasteiger charge is 2.26. The summed E-state index contributed by atoms with van der Waals surface area (Å²) >= 11 is 0. The van der Waals surface area contributed by atoms with Crippen molar-refractivity contribution in [3.05, 3.63) is 24.3 Å². The number of nitrogens with zero attached hydrogens (tertiary/aromatic N) is 2. The molecule has 0 aliphatic heterocycles. The van der Waals surface area contributed by atoms with Gasteiger partial charge < -0.3 is 11.1 Å². The number of carbonyl (C=O) groups excluding carboxylic acids is 1. The third-order valence-corrected chi connectivity index (χ3v) is 3.49. The second-order valence-electron chi connectivity index (χ2n) is 4.83. The summed E-state index contributed by atoms with van der Waals surface area (Å²) < 4.78 is 0. The van der Waals surface area contributed by atoms with Gasteiger partial charge in [0.15, 0.2) is 0 Å². The maximum Gasteiger partial charge on any atom is 0.224 e. The highest BCUT2D eigenvalue weighted by Crippen LogP contribution is 2.22. The molecule has 1 aliphatic carbocycles. The Hall–Kier alpha value is -1.49. The van der Waals surface area contributed by atoms with E-state index in [0.717, 1.165) is 31.4 Å². The summed E-state index contributed by atoms with van der Waals surface area (Å²) in [6, 6.07) is 1.80. The Bertz CT molecular complexity index is 382. The summed E-state index contributed by atoms with van der Waals surface area (Å²) in [7, 11) is 0. The quantitative estimate of drug-likeness (QED) is 0.782. The molecular weight excluding hydrogens is 228 g/mol. The van der Waals surface area contributed by atoms with Crippen LogP contribution >= 0.6 is 0 Å². The molecule has 98 valence electrons. The van der Waals surface area contributed by atoms with Gasteiger partial charge in [0, 0.05) is 12.2 Å². The number of nitrogens with one attached hydrogen (secondary N) is 1. The van der Waals surface area contributed by atoms with Gasteiger partial charge in [-0.2, -0.15) is 0 Å². The standard InChI is InChI=1S/C13H20N4O/c14-12-5-3-1-2-4-11(12)13(18)16-8-10-6-7-15-9-17-10/h6-7,9,11-12H,1-5,8,14H2,(H,16,18). The van der Waals surface area contributed by atoms with E-state index >= 15 is 0 Å². The summed E-state index contributed by atoms with van der Waals surface area (Å²) in [5, 5.41) is 2.92. The van der Waals surface area contributed by atoms with Gasteiger partial charge in [-0.1, -0.05) is 19.3 Å². The lowest BCUT2D eigenvalue weighted by Crippen LogP contribution is -2.41. The largest absolute Gasteiger partial charge is 0.350 e. The highest BCUT2D eigenvalue weighted by molar-refractivity contribution is 5.79. The van der Waals surface area contributed by atoms with Gasteiger partial charge in [-0.05, 0) is 18.9 Å². The highest BCUT2D eigenvalue weighted by atomic mass is 16.1. The van der Waals surface area contributed by atoms with Crippen molar-refractivity contribution in [1.29, 1.82) is 0 Å². The molecule has 1 aromatic rings. The van der Waals surface area contributed by atoms with Crippen LogP contribution in [0.25, 0.3) is 0 Å². The van der Waals surface area contributed by atoms with Crippen LogP contribution in [0, 0.1) is 5.92 Å². The molecule has 18 heavy (non-hydrogen) atoms. The predicted molar refractivity (Wildman–Crippen MR) is 68.4 cm³/mol. The van der Waals surface area contributed by atoms with E-state index < -0.39 is 0 Å². The SMILES string of the molecule is NC1CCCCCC1C(=O)NCc1ccncn1. The minimum Gasteiger partial charge on any atom is -0.350 e. The zero-order valence-electron chi connectivity index (χ0n) is 10.5. The number of amides is 1. The molecule has 0 bridgehead atoms. The van der Waals surface area contributed by atoms with Crippen LogP contribution in [-0.2, 0) is 11.3 Å². The van der Waals surface area contributed by atoms with Crippen LogP contribution in [0.2, 0.25) is 0 Å². The summed E-state index contributed by atoms with van der Waals surface area (Å²) in [6.07, 6.45) is 8.42. The van der Waals surface area contributed by atoms with E-state index in [1.807, 2.05) is 0 Å². The Balaban J connectivity index is 1.87. The van der Waals surface area contributed by atoms with Crippen molar-refractivity contribution >= 4 is 5.91 Å². The lowest BCUT2D eigenvalue weighted by Gasteiger charge is -2.20. The fraction of sp³-hybridized carbons (Fsp3) is 0.615. The molecule has 0 saturated heterocycles. The number of nitrogens with two attached hydrogens (primary N) is 1. The Kier molecular flexibility index (Phi) is 4.64. The lowest BCUT2D eigenvalue weighted by molar-refractivity contribution is -0.126. The molecule has 0 spiro atoms. The number of rotatable bonds is 3. The topological polar surface area (TPSA) is 80.9 Å². The summed E-state index contributed by atoms with van der Waals surface area (Å²) in [4.78, 5) is 20.0. The van der Waals surface area contributed by atoms with Crippen LogP contribution in [-0.4, -0.2) is 21.9 Å². The molecule has 0 aromatic carbocycles. The Labute approximate surface area is 107 Å². The van der Waals surface area contributed by atoms with Crippen molar-refractivity contribution in [2.45, 2.75) is 44.7 Å². The van der Waals surface area contributed by atoms with Gasteiger partial charge in [0.05, 0.1) is 18.2 Å². The predicted octanol–water partition coefficient (Wildman–Crippen LogP) is 1.00. The Morgan fingerprint density at radius 1 is 1.39 bits per heavy atom. The van der Waals surface area contributed by atoms with Gasteiger partial charge in [0.25, 0.3) is 0 Å². The van der Waals surface area contributed by atoms with Crippen molar-refractivity contribution in [1.82, 2.24) is 15.3 Å². The van der Waals surface area contributed by atoms with Crippen molar-refractivity contribution in [2.24, 2.45) is 11.7 Å². The van der Waals surface area contributed by atoms with Crippen molar-refractivity contribution in [2.75, 3.05) is 0 Å². The first-order valence-corrected chi connectivity index (χ1v) is 6.55. The van der Waals surface area contributed by atoms with E-state index in [0.29, 0.717) is 6.54 Å². The fourth-order valence-corrected chi connectivity index (χ4v) is 2.39. The van der Waals surface area contributed by atoms with E-state index in [1.165, 1.54) is 12.7 Å². The summed E-state index contributed by atoms with van der Waals surface area (Å²) in [6.45, 7) is 0.449. The molecule has 3 N–H and O–H groups in total. The molecule has 1 aromatic heterocycles. The van der Waals surface area contributed by atoms with Crippen molar-refractivity contribution in [3.63, 3.8) is 0 Å². The molecule has 1 heterocycles. The van der Waals surface area contributed by atoms with Crippen molar-refractivity contribution < 1.29 is 4.79 Å². The number of carbonyl (C=O) groups is 1. The second-order valence-corrected chi connectivity index (χ2v) is 4.83. The van der Waals surface area contributed by atoms with Crippen LogP contribution in [0.1, 0.15) is 37.8 Å². The fourth-order valence-electron chi connectivity index (χ4n) is 2.39. The zero-order valence-corrected chi connectivity index (χ0v) is 10.5. The van der Waals surface area contributed by atoms with E-state index in [2.05, 4.69) is 15.3 Å². The molecule has 2 rings (SSSR count). The average Bonchev–Trinajstić information content (AvgIpc) is 2.62. The van der Waals surface area contributed by atoms with Crippen LogP contribution < -0.4 is 11.1 Å². The van der Waals surface area contributed by atoms with Crippen LogP contribution in [0.5, 0.6) is 0 Å². The van der Waals surface area contributed by atoms with E-state index in [9.17, 15) is 4.79 Å². The van der Waals surface area contributed by atoms with Gasteiger partial charge in [-0.15, -0.1) is 0 Å². The molecule has 1 fully saturated rings. The third-order valence-electron chi connectivity index (χ3n) is 3.49. The molecule has 1 amide bonds. The Morgan fingerprint density at radius 2 is 2.22 bits per heavy atom. The van der Waals surface area contributed by atoms with Gasteiger partial charge >= 0.3 is 0 Å². The maximum atomic E-state index is 12.1. The number of aromatic nitrogens is 2. The first kappa shape index (κ1) is 13.0. The molecule has 2 unspecified atom stereocenters. The molecule has 1 saturated carbocycles. The molecule has 1 aliphatic rings. The average molecular weight is 248 g/mol. The number of hydrogen-bond donors (Lipinski definition) is 2. The number of hydrogen-bond acceptors (Lipinski definition) is 4. The third kappa shape index (κ3) is 3.50. The molecule has 2 atom stereocenters. The van der Waals surface area contributed by atoms with Gasteiger partial charge in [-0.25, -0.2) is 9.97 Å². The van der Waals surface area contributed by atoms with Gasteiger partial charge in [-0.3, -0.25) is 4.79 Å². The lowest BCUT2D eigenvalue weighted by atomic mass is 9.94. The van der Waals surface area contributed by atoms with Gasteiger partial charge in [0.1, 0.15) is 6.33 Å². The van der Waals surface area contributed by atoms with Gasteiger partial charge in [0.2, 0.25) is 5.91 Å². The first-order valence-electron chi connectivity index (χ1n) is 6.55. The first-order chi connectivity index (χ1) is 8.77. The maximum absolute atomic E-state index is 12.1. The molecule has 5 heteroatoms. The van der Waals surface area contributed by atoms with Crippen LogP contribution in [0.3, 0.4) is 0 Å².